The maximum Gasteiger partial charge on any atom is 0.244 e. The number of allylic oxidation sites excluding steroid dienone is 1. The number of benzene rings is 2. The van der Waals surface area contributed by atoms with Crippen molar-refractivity contribution in [2.75, 3.05) is 13.1 Å². The quantitative estimate of drug-likeness (QED) is 0.546. The van der Waals surface area contributed by atoms with Gasteiger partial charge in [0.1, 0.15) is 6.10 Å². The van der Waals surface area contributed by atoms with Crippen LogP contribution in [-0.2, 0) is 23.1 Å². The Morgan fingerprint density at radius 2 is 1.97 bits per heavy atom. The third kappa shape index (κ3) is 3.20. The van der Waals surface area contributed by atoms with Crippen LogP contribution >= 0.6 is 0 Å². The fraction of sp³-hybridized carbons (Fsp3) is 0.500. The lowest BCUT2D eigenvalue weighted by molar-refractivity contribution is -0.192. The molecule has 2 aromatic rings. The van der Waals surface area contributed by atoms with Gasteiger partial charge in [0.2, 0.25) is 5.91 Å². The monoisotopic (exact) mass is 486 g/mol. The van der Waals surface area contributed by atoms with E-state index in [2.05, 4.69) is 10.2 Å². The van der Waals surface area contributed by atoms with Gasteiger partial charge >= 0.3 is 0 Å². The minimum Gasteiger partial charge on any atom is -0.504 e. The molecule has 3 fully saturated rings. The van der Waals surface area contributed by atoms with Crippen LogP contribution in [0, 0.1) is 5.92 Å². The predicted octanol–water partition coefficient (Wildman–Crippen LogP) is 3.24. The molecular weight excluding hydrogens is 452 g/mol. The molecule has 3 N–H and O–H groups in total. The molecule has 0 radical (unpaired) electrons. The topological polar surface area (TPSA) is 82.0 Å². The van der Waals surface area contributed by atoms with Crippen molar-refractivity contribution in [3.63, 3.8) is 0 Å². The van der Waals surface area contributed by atoms with E-state index < -0.39 is 17.1 Å². The molecule has 3 aliphatic carbocycles. The Hall–Kier alpha value is -2.83. The van der Waals surface area contributed by atoms with Crippen LogP contribution < -0.4 is 10.1 Å². The molecular formula is C30H34N2O4. The Kier molecular flexibility index (Phi) is 5.03. The molecule has 2 aliphatic heterocycles. The minimum absolute atomic E-state index is 0.0448. The normalized spacial score (nSPS) is 34.3. The van der Waals surface area contributed by atoms with Crippen molar-refractivity contribution in [1.82, 2.24) is 10.2 Å². The van der Waals surface area contributed by atoms with Crippen molar-refractivity contribution in [1.29, 1.82) is 0 Å². The Morgan fingerprint density at radius 3 is 2.78 bits per heavy atom. The van der Waals surface area contributed by atoms with Gasteiger partial charge in [-0.1, -0.05) is 42.5 Å². The number of carbonyl (C=O) groups is 1. The molecule has 188 valence electrons. The highest BCUT2D eigenvalue weighted by atomic mass is 16.5. The second kappa shape index (κ2) is 8.09. The number of phenolic OH excluding ortho intramolecular Hbond substituents is 1. The van der Waals surface area contributed by atoms with Crippen LogP contribution in [-0.4, -0.2) is 57.9 Å². The van der Waals surface area contributed by atoms with Gasteiger partial charge < -0.3 is 20.3 Å². The fourth-order valence-electron chi connectivity index (χ4n) is 7.78. The maximum absolute atomic E-state index is 12.9. The first-order chi connectivity index (χ1) is 17.5. The van der Waals surface area contributed by atoms with Crippen molar-refractivity contribution >= 4 is 5.91 Å². The van der Waals surface area contributed by atoms with Crippen molar-refractivity contribution in [2.45, 2.75) is 74.1 Å². The number of ether oxygens (including phenoxy) is 1. The van der Waals surface area contributed by atoms with Gasteiger partial charge in [-0.15, -0.1) is 0 Å². The van der Waals surface area contributed by atoms with Crippen LogP contribution in [0.1, 0.15) is 48.8 Å². The molecule has 2 heterocycles. The number of amides is 1. The summed E-state index contributed by atoms with van der Waals surface area (Å²) < 4.78 is 6.52. The number of hydrogen-bond donors (Lipinski definition) is 3. The summed E-state index contributed by atoms with van der Waals surface area (Å²) in [6.45, 7) is 1.97. The zero-order chi connectivity index (χ0) is 24.5. The van der Waals surface area contributed by atoms with E-state index in [9.17, 15) is 15.0 Å². The standard InChI is InChI=1S/C30H34N2O4/c33-23-12-11-21-17-24-30(35)14-13-22(31-25(34)8-4-7-19-5-2-1-3-6-19)28-29(30,26(21)27(23)36-28)15-16-32(24)18-20-9-10-20/h1-6,8,11-12,20,22,24,28,33,35H,7,9-10,13-18H2,(H,31,34)/b8-4+/t22-,24-,28+,29+,30-/m1/s1. The molecule has 2 aromatic carbocycles. The van der Waals surface area contributed by atoms with E-state index in [4.69, 9.17) is 4.74 Å². The zero-order valence-electron chi connectivity index (χ0n) is 20.5. The van der Waals surface area contributed by atoms with Gasteiger partial charge in [0.05, 0.1) is 17.1 Å². The van der Waals surface area contributed by atoms with E-state index in [1.807, 2.05) is 42.5 Å². The zero-order valence-corrected chi connectivity index (χ0v) is 20.5. The molecule has 6 nitrogen and oxygen atoms in total. The first-order valence-corrected chi connectivity index (χ1v) is 13.5. The van der Waals surface area contributed by atoms with Crippen molar-refractivity contribution < 1.29 is 19.7 Å². The van der Waals surface area contributed by atoms with Crippen LogP contribution in [0.25, 0.3) is 0 Å². The molecule has 7 rings (SSSR count). The lowest BCUT2D eigenvalue weighted by Crippen LogP contribution is -2.78. The van der Waals surface area contributed by atoms with E-state index in [1.165, 1.54) is 18.4 Å². The van der Waals surface area contributed by atoms with Crippen LogP contribution in [0.4, 0.5) is 0 Å². The highest BCUT2D eigenvalue weighted by Gasteiger charge is 2.73. The number of aromatic hydroxyl groups is 1. The molecule has 2 saturated carbocycles. The van der Waals surface area contributed by atoms with Crippen LogP contribution in [0.5, 0.6) is 11.5 Å². The lowest BCUT2D eigenvalue weighted by Gasteiger charge is -2.64. The number of rotatable bonds is 6. The van der Waals surface area contributed by atoms with Gasteiger partial charge in [-0.3, -0.25) is 9.69 Å². The smallest absolute Gasteiger partial charge is 0.244 e. The minimum atomic E-state index is -0.929. The van der Waals surface area contributed by atoms with Gasteiger partial charge in [0.15, 0.2) is 11.5 Å². The number of nitrogens with zero attached hydrogens (tertiary/aromatic N) is 1. The summed E-state index contributed by atoms with van der Waals surface area (Å²) in [4.78, 5) is 15.5. The number of aliphatic hydroxyl groups is 1. The second-order valence-corrected chi connectivity index (χ2v) is 11.5. The number of piperidine rings is 1. The van der Waals surface area contributed by atoms with Gasteiger partial charge in [0, 0.05) is 18.2 Å². The van der Waals surface area contributed by atoms with Crippen LogP contribution in [0.2, 0.25) is 0 Å². The highest BCUT2D eigenvalue weighted by molar-refractivity contribution is 5.88. The largest absolute Gasteiger partial charge is 0.504 e. The second-order valence-electron chi connectivity index (χ2n) is 11.5. The molecule has 1 saturated heterocycles. The average Bonchev–Trinajstić information content (AvgIpc) is 3.61. The molecule has 6 heteroatoms. The fourth-order valence-corrected chi connectivity index (χ4v) is 7.78. The number of nitrogens with one attached hydrogen (secondary N) is 1. The third-order valence-corrected chi connectivity index (χ3v) is 9.56. The van der Waals surface area contributed by atoms with Crippen molar-refractivity contribution in [2.24, 2.45) is 5.92 Å². The van der Waals surface area contributed by atoms with Gasteiger partial charge in [-0.25, -0.2) is 0 Å². The summed E-state index contributed by atoms with van der Waals surface area (Å²) in [5.74, 6) is 1.27. The number of likely N-dealkylation sites (tertiary alicyclic amines) is 1. The molecule has 5 aliphatic rings. The third-order valence-electron chi connectivity index (χ3n) is 9.56. The summed E-state index contributed by atoms with van der Waals surface area (Å²) in [6.07, 6.45) is 9.21. The Balaban J connectivity index is 1.19. The lowest BCUT2D eigenvalue weighted by atomic mass is 9.48. The molecule has 1 spiro atoms. The Bertz CT molecular complexity index is 1220. The molecule has 0 aromatic heterocycles. The van der Waals surface area contributed by atoms with Crippen LogP contribution in [0.3, 0.4) is 0 Å². The van der Waals surface area contributed by atoms with Gasteiger partial charge in [0.25, 0.3) is 0 Å². The van der Waals surface area contributed by atoms with E-state index >= 15 is 0 Å². The number of hydrogen-bond acceptors (Lipinski definition) is 5. The van der Waals surface area contributed by atoms with Gasteiger partial charge in [-0.05, 0) is 80.7 Å². The van der Waals surface area contributed by atoms with E-state index in [1.54, 1.807) is 12.1 Å². The summed E-state index contributed by atoms with van der Waals surface area (Å²) in [5.41, 5.74) is 1.79. The Labute approximate surface area is 212 Å². The van der Waals surface area contributed by atoms with Crippen molar-refractivity contribution in [3.8, 4) is 11.5 Å². The van der Waals surface area contributed by atoms with E-state index in [-0.39, 0.29) is 23.7 Å². The molecule has 5 atom stereocenters. The first-order valence-electron chi connectivity index (χ1n) is 13.5. The number of phenols is 1. The predicted molar refractivity (Wildman–Crippen MR) is 136 cm³/mol. The molecule has 0 unspecified atom stereocenters. The molecule has 36 heavy (non-hydrogen) atoms. The van der Waals surface area contributed by atoms with Crippen LogP contribution in [0.15, 0.2) is 54.6 Å². The van der Waals surface area contributed by atoms with Gasteiger partial charge in [-0.2, -0.15) is 0 Å². The first kappa shape index (κ1) is 22.4. The summed E-state index contributed by atoms with van der Waals surface area (Å²) in [6, 6.07) is 13.6. The molecule has 1 amide bonds. The van der Waals surface area contributed by atoms with E-state index in [0.29, 0.717) is 25.0 Å². The Morgan fingerprint density at radius 1 is 1.14 bits per heavy atom. The summed E-state index contributed by atoms with van der Waals surface area (Å²) in [5, 5.41) is 26.4. The SMILES string of the molecule is O=C(/C=C/Cc1ccccc1)N[C@@H]1CC[C@@]2(O)[C@H]3Cc4ccc(O)c5c4[C@@]2(CCN3CC2CC2)[C@H]1O5. The summed E-state index contributed by atoms with van der Waals surface area (Å²) in [7, 11) is 0. The van der Waals surface area contributed by atoms with Crippen molar-refractivity contribution in [3.05, 3.63) is 71.3 Å². The maximum atomic E-state index is 12.9. The highest BCUT2D eigenvalue weighted by Crippen LogP contribution is 2.65. The summed E-state index contributed by atoms with van der Waals surface area (Å²) >= 11 is 0. The van der Waals surface area contributed by atoms with E-state index in [0.717, 1.165) is 43.0 Å². The number of carbonyl (C=O) groups excluding carboxylic acids is 1. The molecule has 2 bridgehead atoms. The average molecular weight is 487 g/mol.